The van der Waals surface area contributed by atoms with Crippen LogP contribution in [0.25, 0.3) is 11.1 Å². The second-order valence-electron chi connectivity index (χ2n) is 5.49. The zero-order chi connectivity index (χ0) is 19.9. The molecule has 2 aromatic rings. The Labute approximate surface area is 142 Å². The van der Waals surface area contributed by atoms with Gasteiger partial charge in [-0.2, -0.15) is 39.5 Å². The van der Waals surface area contributed by atoms with Crippen LogP contribution in [-0.2, 0) is 24.9 Å². The average Bonchev–Trinajstić information content (AvgIpc) is 2.51. The van der Waals surface area contributed by atoms with Crippen molar-refractivity contribution in [1.82, 2.24) is 0 Å². The first-order chi connectivity index (χ1) is 11.7. The second kappa shape index (κ2) is 6.51. The molecule has 0 bridgehead atoms. The molecule has 142 valence electrons. The molecule has 0 aliphatic heterocycles. The minimum Gasteiger partial charge on any atom is -0.166 e. The van der Waals surface area contributed by atoms with Gasteiger partial charge in [0.2, 0.25) is 0 Å². The normalized spacial score (nSPS) is 13.2. The molecule has 9 heteroatoms. The van der Waals surface area contributed by atoms with Gasteiger partial charge in [-0.3, -0.25) is 0 Å². The highest BCUT2D eigenvalue weighted by Crippen LogP contribution is 2.44. The lowest BCUT2D eigenvalue weighted by atomic mass is 9.91. The van der Waals surface area contributed by atoms with E-state index in [1.165, 1.54) is 0 Å². The highest BCUT2D eigenvalue weighted by Gasteiger charge is 2.40. The number of halogens is 9. The molecule has 0 nitrogen and oxygen atoms in total. The Balaban J connectivity index is 2.86. The van der Waals surface area contributed by atoms with Crippen molar-refractivity contribution in [3.05, 3.63) is 58.7 Å². The molecule has 0 unspecified atom stereocenters. The zero-order valence-corrected chi connectivity index (χ0v) is 13.1. The summed E-state index contributed by atoms with van der Waals surface area (Å²) in [4.78, 5) is 0. The molecule has 0 atom stereocenters. The van der Waals surface area contributed by atoms with E-state index in [9.17, 15) is 39.5 Å². The lowest BCUT2D eigenvalue weighted by molar-refractivity contribution is -0.141. The Kier molecular flexibility index (Phi) is 5.04. The first kappa shape index (κ1) is 20.1. The third-order valence-electron chi connectivity index (χ3n) is 3.74. The van der Waals surface area contributed by atoms with Gasteiger partial charge < -0.3 is 0 Å². The van der Waals surface area contributed by atoms with E-state index in [0.717, 1.165) is 12.1 Å². The van der Waals surface area contributed by atoms with E-state index in [1.54, 1.807) is 6.92 Å². The monoisotopic (exact) mass is 386 g/mol. The summed E-state index contributed by atoms with van der Waals surface area (Å²) >= 11 is 0. The van der Waals surface area contributed by atoms with Gasteiger partial charge in [-0.1, -0.05) is 19.1 Å². The van der Waals surface area contributed by atoms with Gasteiger partial charge in [0.1, 0.15) is 0 Å². The van der Waals surface area contributed by atoms with E-state index in [4.69, 9.17) is 0 Å². The van der Waals surface area contributed by atoms with E-state index in [1.807, 2.05) is 0 Å². The third kappa shape index (κ3) is 4.13. The molecule has 0 aromatic heterocycles. The van der Waals surface area contributed by atoms with Crippen molar-refractivity contribution < 1.29 is 39.5 Å². The van der Waals surface area contributed by atoms with Crippen LogP contribution >= 0.6 is 0 Å². The number of hydrogen-bond donors (Lipinski definition) is 0. The van der Waals surface area contributed by atoms with Crippen molar-refractivity contribution in [2.75, 3.05) is 0 Å². The summed E-state index contributed by atoms with van der Waals surface area (Å²) in [6, 6.07) is 3.01. The fourth-order valence-corrected chi connectivity index (χ4v) is 2.47. The molecule has 0 N–H and O–H groups in total. The minimum atomic E-state index is -5.12. The van der Waals surface area contributed by atoms with Gasteiger partial charge in [-0.15, -0.1) is 0 Å². The molecule has 26 heavy (non-hydrogen) atoms. The molecule has 0 aliphatic rings. The van der Waals surface area contributed by atoms with Crippen molar-refractivity contribution in [2.24, 2.45) is 0 Å². The van der Waals surface area contributed by atoms with Crippen molar-refractivity contribution in [3.63, 3.8) is 0 Å². The quantitative estimate of drug-likeness (QED) is 0.489. The highest BCUT2D eigenvalue weighted by molar-refractivity contribution is 5.73. The maximum atomic E-state index is 13.3. The van der Waals surface area contributed by atoms with Crippen LogP contribution < -0.4 is 0 Å². The molecule has 2 rings (SSSR count). The zero-order valence-electron chi connectivity index (χ0n) is 13.1. The summed E-state index contributed by atoms with van der Waals surface area (Å²) in [5.41, 5.74) is -6.37. The Hall–Kier alpha value is -2.19. The van der Waals surface area contributed by atoms with E-state index in [2.05, 4.69) is 0 Å². The molecule has 0 fully saturated rings. The van der Waals surface area contributed by atoms with Crippen LogP contribution in [0.1, 0.15) is 29.2 Å². The minimum absolute atomic E-state index is 0.0962. The molecule has 2 aromatic carbocycles. The van der Waals surface area contributed by atoms with Crippen molar-refractivity contribution in [3.8, 4) is 11.1 Å². The van der Waals surface area contributed by atoms with E-state index < -0.39 is 46.3 Å². The SMILES string of the molecule is CCc1ccc(-c2cc(C(F)(F)F)ccc2C(F)(F)F)c(C(F)(F)F)c1. The van der Waals surface area contributed by atoms with Crippen LogP contribution in [0.5, 0.6) is 0 Å². The van der Waals surface area contributed by atoms with E-state index >= 15 is 0 Å². The van der Waals surface area contributed by atoms with Gasteiger partial charge in [-0.05, 0) is 47.4 Å². The summed E-state index contributed by atoms with van der Waals surface area (Å²) in [6.07, 6.45) is -15.0. The lowest BCUT2D eigenvalue weighted by Crippen LogP contribution is -2.14. The molecule has 0 spiro atoms. The summed E-state index contributed by atoms with van der Waals surface area (Å²) in [5, 5.41) is 0. The number of aryl methyl sites for hydroxylation is 1. The highest BCUT2D eigenvalue weighted by atomic mass is 19.4. The summed E-state index contributed by atoms with van der Waals surface area (Å²) in [5.74, 6) is 0. The summed E-state index contributed by atoms with van der Waals surface area (Å²) < 4.78 is 118. The molecule has 0 amide bonds. The summed E-state index contributed by atoms with van der Waals surface area (Å²) in [7, 11) is 0. The number of hydrogen-bond acceptors (Lipinski definition) is 0. The number of benzene rings is 2. The molecule has 0 radical (unpaired) electrons. The van der Waals surface area contributed by atoms with Gasteiger partial charge in [0.05, 0.1) is 16.7 Å². The molecular weight excluding hydrogens is 375 g/mol. The predicted molar refractivity (Wildman–Crippen MR) is 76.3 cm³/mol. The van der Waals surface area contributed by atoms with Gasteiger partial charge in [0, 0.05) is 0 Å². The van der Waals surface area contributed by atoms with E-state index in [-0.39, 0.29) is 30.2 Å². The van der Waals surface area contributed by atoms with Gasteiger partial charge in [0.25, 0.3) is 0 Å². The van der Waals surface area contributed by atoms with Crippen LogP contribution in [0, 0.1) is 0 Å². The van der Waals surface area contributed by atoms with Crippen LogP contribution in [0.15, 0.2) is 36.4 Å². The average molecular weight is 386 g/mol. The Morgan fingerprint density at radius 1 is 0.615 bits per heavy atom. The molecule has 0 saturated heterocycles. The van der Waals surface area contributed by atoms with E-state index in [0.29, 0.717) is 6.07 Å². The maximum absolute atomic E-state index is 13.3. The first-order valence-electron chi connectivity index (χ1n) is 7.24. The predicted octanol–water partition coefficient (Wildman–Crippen LogP) is 6.97. The topological polar surface area (TPSA) is 0 Å². The molecule has 0 saturated carbocycles. The Morgan fingerprint density at radius 3 is 1.65 bits per heavy atom. The van der Waals surface area contributed by atoms with Crippen LogP contribution in [-0.4, -0.2) is 0 Å². The van der Waals surface area contributed by atoms with Gasteiger partial charge in [0.15, 0.2) is 0 Å². The first-order valence-corrected chi connectivity index (χ1v) is 7.24. The number of rotatable bonds is 2. The maximum Gasteiger partial charge on any atom is 0.417 e. The van der Waals surface area contributed by atoms with Crippen LogP contribution in [0.4, 0.5) is 39.5 Å². The van der Waals surface area contributed by atoms with Crippen LogP contribution in [0.3, 0.4) is 0 Å². The fourth-order valence-electron chi connectivity index (χ4n) is 2.47. The largest absolute Gasteiger partial charge is 0.417 e. The smallest absolute Gasteiger partial charge is 0.166 e. The standard InChI is InChI=1S/C17H11F9/c1-2-9-3-5-11(14(7-9)17(24,25)26)12-8-10(15(18,19)20)4-6-13(12)16(21,22)23/h3-8H,2H2,1H3. The molecular formula is C17H11F9. The van der Waals surface area contributed by atoms with Crippen molar-refractivity contribution >= 4 is 0 Å². The fraction of sp³-hybridized carbons (Fsp3) is 0.294. The number of alkyl halides is 9. The second-order valence-corrected chi connectivity index (χ2v) is 5.49. The molecule has 0 aliphatic carbocycles. The van der Waals surface area contributed by atoms with Gasteiger partial charge >= 0.3 is 18.5 Å². The molecule has 0 heterocycles. The summed E-state index contributed by atoms with van der Waals surface area (Å²) in [6.45, 7) is 1.54. The van der Waals surface area contributed by atoms with Crippen molar-refractivity contribution in [2.45, 2.75) is 31.9 Å². The Bertz CT molecular complexity index is 795. The lowest BCUT2D eigenvalue weighted by Gasteiger charge is -2.20. The van der Waals surface area contributed by atoms with Crippen molar-refractivity contribution in [1.29, 1.82) is 0 Å². The van der Waals surface area contributed by atoms with Crippen LogP contribution in [0.2, 0.25) is 0 Å². The third-order valence-corrected chi connectivity index (χ3v) is 3.74. The van der Waals surface area contributed by atoms with Gasteiger partial charge in [-0.25, -0.2) is 0 Å². The Morgan fingerprint density at radius 2 is 1.19 bits per heavy atom.